The van der Waals surface area contributed by atoms with E-state index in [0.29, 0.717) is 56.2 Å². The van der Waals surface area contributed by atoms with Gasteiger partial charge in [0.2, 0.25) is 5.95 Å². The number of amides is 2. The molecule has 8 rings (SSSR count). The Balaban J connectivity index is 0.999. The summed E-state index contributed by atoms with van der Waals surface area (Å²) in [5, 5.41) is 20.2. The number of benzene rings is 2. The Morgan fingerprint density at radius 3 is 2.47 bits per heavy atom. The van der Waals surface area contributed by atoms with Gasteiger partial charge in [0.05, 0.1) is 36.8 Å². The molecule has 0 spiro atoms. The van der Waals surface area contributed by atoms with Crippen molar-refractivity contribution in [3.8, 4) is 11.4 Å². The third-order valence-corrected chi connectivity index (χ3v) is 11.2. The van der Waals surface area contributed by atoms with Crippen LogP contribution in [0.5, 0.6) is 5.75 Å². The van der Waals surface area contributed by atoms with Crippen molar-refractivity contribution >= 4 is 23.4 Å². The van der Waals surface area contributed by atoms with E-state index in [9.17, 15) is 4.79 Å². The second-order valence-corrected chi connectivity index (χ2v) is 16.4. The number of urea groups is 1. The van der Waals surface area contributed by atoms with Crippen molar-refractivity contribution in [3.05, 3.63) is 95.1 Å². The van der Waals surface area contributed by atoms with Crippen molar-refractivity contribution in [1.82, 2.24) is 34.6 Å². The van der Waals surface area contributed by atoms with E-state index in [1.807, 2.05) is 47.0 Å². The number of hydrogen-bond donors (Lipinski definition) is 2. The predicted octanol–water partition coefficient (Wildman–Crippen LogP) is 7.73. The van der Waals surface area contributed by atoms with Crippen LogP contribution in [0.2, 0.25) is 0 Å². The molecule has 5 aromatic rings. The Hall–Kier alpha value is -5.01. The topological polar surface area (TPSA) is 114 Å². The lowest BCUT2D eigenvalue weighted by molar-refractivity contribution is 0.0341. The molecule has 2 amide bonds. The lowest BCUT2D eigenvalue weighted by Gasteiger charge is -2.39. The number of rotatable bonds is 8. The molecule has 290 valence electrons. The van der Waals surface area contributed by atoms with Gasteiger partial charge in [-0.05, 0) is 93.0 Å². The van der Waals surface area contributed by atoms with Crippen molar-refractivity contribution in [3.63, 3.8) is 0 Å². The van der Waals surface area contributed by atoms with Gasteiger partial charge in [0, 0.05) is 43.2 Å². The van der Waals surface area contributed by atoms with Crippen molar-refractivity contribution < 1.29 is 18.7 Å². The largest absolute Gasteiger partial charge is 0.484 e. The highest BCUT2D eigenvalue weighted by atomic mass is 19.1. The molecule has 5 heterocycles. The van der Waals surface area contributed by atoms with Crippen LogP contribution in [0.1, 0.15) is 101 Å². The minimum absolute atomic E-state index is 0.196. The predicted molar refractivity (Wildman–Crippen MR) is 210 cm³/mol. The molecule has 1 aliphatic carbocycles. The average molecular weight is 750 g/mol. The number of ether oxygens (including phenoxy) is 2. The number of anilines is 2. The van der Waals surface area contributed by atoms with E-state index in [1.165, 1.54) is 12.5 Å². The van der Waals surface area contributed by atoms with Crippen LogP contribution in [-0.2, 0) is 16.7 Å². The van der Waals surface area contributed by atoms with E-state index < -0.39 is 0 Å². The molecule has 2 saturated heterocycles. The van der Waals surface area contributed by atoms with Gasteiger partial charge in [-0.15, -0.1) is 10.2 Å². The summed E-state index contributed by atoms with van der Waals surface area (Å²) in [4.78, 5) is 18.4. The van der Waals surface area contributed by atoms with E-state index in [0.717, 1.165) is 65.7 Å². The molecule has 2 aromatic carbocycles. The van der Waals surface area contributed by atoms with Gasteiger partial charge in [0.1, 0.15) is 23.5 Å². The lowest BCUT2D eigenvalue weighted by Crippen LogP contribution is -2.44. The molecule has 3 aromatic heterocycles. The van der Waals surface area contributed by atoms with Gasteiger partial charge in [0.15, 0.2) is 5.65 Å². The van der Waals surface area contributed by atoms with Crippen LogP contribution < -0.4 is 20.3 Å². The molecule has 2 N–H and O–H groups in total. The number of morpholine rings is 1. The maximum Gasteiger partial charge on any atom is 0.320 e. The molecule has 2 aliphatic heterocycles. The quantitative estimate of drug-likeness (QED) is 0.166. The van der Waals surface area contributed by atoms with Crippen LogP contribution in [-0.4, -0.2) is 73.7 Å². The summed E-state index contributed by atoms with van der Waals surface area (Å²) in [6.45, 7) is 14.2. The monoisotopic (exact) mass is 749 g/mol. The first-order valence-corrected chi connectivity index (χ1v) is 19.7. The standard InChI is InChI=1S/C42H52FN9O3/c1-27-9-8-10-28(2)51(27)41-47-46-38-16-13-32(26-50(38)41)55-36-15-14-35(33-11-6-7-12-34(33)36)44-40(53)45-39-24-37(42(3,4)5)48-52(39)31-22-29(21-30(43)23-31)25-49-17-19-54-20-18-49/h6-7,11-13,16,21-24,26-28,35-36H,8-10,14-15,17-20,25H2,1-5H3,(H2,44,45,53)/t27-,28?,35-,36+/m0/s1. The second kappa shape index (κ2) is 15.3. The van der Waals surface area contributed by atoms with Gasteiger partial charge in [-0.3, -0.25) is 14.6 Å². The number of nitrogens with one attached hydrogen (secondary N) is 2. The van der Waals surface area contributed by atoms with Crippen molar-refractivity contribution in [2.75, 3.05) is 36.5 Å². The van der Waals surface area contributed by atoms with Crippen LogP contribution in [0, 0.1) is 5.82 Å². The zero-order valence-corrected chi connectivity index (χ0v) is 32.5. The fourth-order valence-electron chi connectivity index (χ4n) is 8.32. The average Bonchev–Trinajstić information content (AvgIpc) is 3.77. The van der Waals surface area contributed by atoms with Crippen LogP contribution in [0.25, 0.3) is 11.3 Å². The Bertz CT molecular complexity index is 2140. The highest BCUT2D eigenvalue weighted by Crippen LogP contribution is 2.39. The molecule has 12 nitrogen and oxygen atoms in total. The smallest absolute Gasteiger partial charge is 0.320 e. The number of pyridine rings is 1. The van der Waals surface area contributed by atoms with Gasteiger partial charge in [-0.2, -0.15) is 5.10 Å². The van der Waals surface area contributed by atoms with Gasteiger partial charge >= 0.3 is 6.03 Å². The highest BCUT2D eigenvalue weighted by Gasteiger charge is 2.32. The van der Waals surface area contributed by atoms with E-state index in [-0.39, 0.29) is 29.4 Å². The van der Waals surface area contributed by atoms with Gasteiger partial charge < -0.3 is 19.7 Å². The van der Waals surface area contributed by atoms with Crippen LogP contribution >= 0.6 is 0 Å². The maximum atomic E-state index is 15.1. The number of nitrogens with zero attached hydrogens (tertiary/aromatic N) is 7. The third kappa shape index (κ3) is 7.90. The van der Waals surface area contributed by atoms with Crippen LogP contribution in [0.3, 0.4) is 0 Å². The summed E-state index contributed by atoms with van der Waals surface area (Å²) < 4.78 is 31.0. The van der Waals surface area contributed by atoms with Gasteiger partial charge in [0.25, 0.3) is 0 Å². The Morgan fingerprint density at radius 2 is 1.71 bits per heavy atom. The first-order chi connectivity index (χ1) is 26.5. The van der Waals surface area contributed by atoms with Gasteiger partial charge in [-0.1, -0.05) is 45.0 Å². The number of halogens is 1. The lowest BCUT2D eigenvalue weighted by atomic mass is 9.85. The molecule has 13 heteroatoms. The first kappa shape index (κ1) is 36.9. The number of aromatic nitrogens is 5. The fourth-order valence-corrected chi connectivity index (χ4v) is 8.32. The number of fused-ring (bicyclic) bond motifs is 2. The molecule has 0 saturated carbocycles. The van der Waals surface area contributed by atoms with Crippen LogP contribution in [0.4, 0.5) is 21.0 Å². The molecular formula is C42H52FN9O3. The summed E-state index contributed by atoms with van der Waals surface area (Å²) in [5.74, 6) is 1.70. The molecule has 2 fully saturated rings. The Morgan fingerprint density at radius 1 is 0.945 bits per heavy atom. The summed E-state index contributed by atoms with van der Waals surface area (Å²) in [6, 6.07) is 19.0. The Kier molecular flexibility index (Phi) is 10.2. The third-order valence-electron chi connectivity index (χ3n) is 11.2. The summed E-state index contributed by atoms with van der Waals surface area (Å²) >= 11 is 0. The summed E-state index contributed by atoms with van der Waals surface area (Å²) in [5.41, 5.74) is 4.70. The molecule has 0 radical (unpaired) electrons. The highest BCUT2D eigenvalue weighted by molar-refractivity contribution is 5.89. The minimum Gasteiger partial charge on any atom is -0.484 e. The van der Waals surface area contributed by atoms with Crippen molar-refractivity contribution in [2.24, 2.45) is 0 Å². The molecular weight excluding hydrogens is 698 g/mol. The summed E-state index contributed by atoms with van der Waals surface area (Å²) in [7, 11) is 0. The van der Waals surface area contributed by atoms with Crippen molar-refractivity contribution in [2.45, 2.75) is 103 Å². The summed E-state index contributed by atoms with van der Waals surface area (Å²) in [6.07, 6.45) is 6.67. The van der Waals surface area contributed by atoms with E-state index >= 15 is 4.39 Å². The molecule has 3 aliphatic rings. The molecule has 1 unspecified atom stereocenters. The minimum atomic E-state index is -0.363. The molecule has 0 bridgehead atoms. The van der Waals surface area contributed by atoms with E-state index in [4.69, 9.17) is 14.6 Å². The first-order valence-electron chi connectivity index (χ1n) is 19.7. The number of hydrogen-bond acceptors (Lipinski definition) is 8. The normalized spacial score (nSPS) is 22.0. The zero-order valence-electron chi connectivity index (χ0n) is 32.5. The van der Waals surface area contributed by atoms with Gasteiger partial charge in [-0.25, -0.2) is 13.9 Å². The molecule has 4 atom stereocenters. The fraction of sp³-hybridized carbons (Fsp3) is 0.476. The van der Waals surface area contributed by atoms with E-state index in [1.54, 1.807) is 10.7 Å². The number of carbonyl (C=O) groups is 1. The number of piperidine rings is 1. The molecule has 55 heavy (non-hydrogen) atoms. The zero-order chi connectivity index (χ0) is 38.3. The SMILES string of the molecule is CC1CCC[C@H](C)N1c1nnc2ccc(O[C@@H]3CC[C@H](NC(=O)Nc4cc(C(C)(C)C)nn4-c4cc(F)cc(CN5CCOCC5)c4)c4ccccc43)cn12. The van der Waals surface area contributed by atoms with E-state index in [2.05, 4.69) is 77.4 Å². The maximum absolute atomic E-state index is 15.1. The Labute approximate surface area is 322 Å². The van der Waals surface area contributed by atoms with Crippen molar-refractivity contribution in [1.29, 1.82) is 0 Å². The number of carbonyl (C=O) groups excluding carboxylic acids is 1. The second-order valence-electron chi connectivity index (χ2n) is 16.4. The van der Waals surface area contributed by atoms with Crippen LogP contribution in [0.15, 0.2) is 66.9 Å².